The lowest BCUT2D eigenvalue weighted by Gasteiger charge is -2.33. The molecule has 0 radical (unpaired) electrons. The van der Waals surface area contributed by atoms with Crippen LogP contribution in [0.1, 0.15) is 49.4 Å². The molecule has 3 nitrogen and oxygen atoms in total. The third kappa shape index (κ3) is 3.28. The van der Waals surface area contributed by atoms with Gasteiger partial charge in [0.15, 0.2) is 0 Å². The van der Waals surface area contributed by atoms with Crippen molar-refractivity contribution < 1.29 is 9.53 Å². The molecule has 0 N–H and O–H groups in total. The highest BCUT2D eigenvalue weighted by Crippen LogP contribution is 2.24. The number of benzene rings is 1. The molecule has 0 unspecified atom stereocenters. The molecule has 1 aromatic rings. The summed E-state index contributed by atoms with van der Waals surface area (Å²) < 4.78 is 5.13. The molecule has 0 bridgehead atoms. The maximum Gasteiger partial charge on any atom is 0.254 e. The van der Waals surface area contributed by atoms with E-state index in [0.717, 1.165) is 30.7 Å². The van der Waals surface area contributed by atoms with Gasteiger partial charge >= 0.3 is 0 Å². The van der Waals surface area contributed by atoms with Gasteiger partial charge in [-0.1, -0.05) is 19.3 Å². The summed E-state index contributed by atoms with van der Waals surface area (Å²) >= 11 is 0. The molecule has 1 fully saturated rings. The fraction of sp³-hybridized carbons (Fsp3) is 0.562. The SMILES string of the molecule is CCN(C(=O)c1ccc(OC)cc1)C1CCCCC1. The Morgan fingerprint density at radius 2 is 1.84 bits per heavy atom. The first-order valence-corrected chi connectivity index (χ1v) is 7.21. The highest BCUT2D eigenvalue weighted by Gasteiger charge is 2.24. The molecule has 1 saturated carbocycles. The van der Waals surface area contributed by atoms with Gasteiger partial charge in [-0.3, -0.25) is 4.79 Å². The Labute approximate surface area is 115 Å². The number of ether oxygens (including phenoxy) is 1. The standard InChI is InChI=1S/C16H23NO2/c1-3-17(14-7-5-4-6-8-14)16(18)13-9-11-15(19-2)12-10-13/h9-12,14H,3-8H2,1-2H3. The van der Waals surface area contributed by atoms with Crippen LogP contribution in [0, 0.1) is 0 Å². The molecule has 0 aromatic heterocycles. The summed E-state index contributed by atoms with van der Waals surface area (Å²) in [6.07, 6.45) is 6.10. The van der Waals surface area contributed by atoms with Gasteiger partial charge in [0, 0.05) is 18.2 Å². The topological polar surface area (TPSA) is 29.5 Å². The zero-order valence-electron chi connectivity index (χ0n) is 11.9. The lowest BCUT2D eigenvalue weighted by Crippen LogP contribution is -2.41. The number of nitrogens with zero attached hydrogens (tertiary/aromatic N) is 1. The molecule has 1 aliphatic rings. The van der Waals surface area contributed by atoms with Gasteiger partial charge in [-0.25, -0.2) is 0 Å². The minimum Gasteiger partial charge on any atom is -0.497 e. The highest BCUT2D eigenvalue weighted by atomic mass is 16.5. The molecular weight excluding hydrogens is 238 g/mol. The lowest BCUT2D eigenvalue weighted by molar-refractivity contribution is 0.0648. The van der Waals surface area contributed by atoms with Crippen LogP contribution in [0.15, 0.2) is 24.3 Å². The van der Waals surface area contributed by atoms with Crippen molar-refractivity contribution in [3.63, 3.8) is 0 Å². The second-order valence-electron chi connectivity index (χ2n) is 5.11. The molecule has 1 aromatic carbocycles. The van der Waals surface area contributed by atoms with Gasteiger partial charge < -0.3 is 9.64 Å². The minimum absolute atomic E-state index is 0.150. The van der Waals surface area contributed by atoms with Crippen LogP contribution in [0.3, 0.4) is 0 Å². The summed E-state index contributed by atoms with van der Waals surface area (Å²) in [5.74, 6) is 0.939. The van der Waals surface area contributed by atoms with Crippen molar-refractivity contribution >= 4 is 5.91 Å². The summed E-state index contributed by atoms with van der Waals surface area (Å²) in [4.78, 5) is 14.6. The first kappa shape index (κ1) is 13.9. The average Bonchev–Trinajstić information content (AvgIpc) is 2.49. The predicted octanol–water partition coefficient (Wildman–Crippen LogP) is 3.49. The van der Waals surface area contributed by atoms with E-state index < -0.39 is 0 Å². The fourth-order valence-electron chi connectivity index (χ4n) is 2.86. The van der Waals surface area contributed by atoms with E-state index in [4.69, 9.17) is 4.74 Å². The van der Waals surface area contributed by atoms with E-state index in [1.807, 2.05) is 29.2 Å². The summed E-state index contributed by atoms with van der Waals surface area (Å²) in [7, 11) is 1.64. The number of hydrogen-bond donors (Lipinski definition) is 0. The minimum atomic E-state index is 0.150. The van der Waals surface area contributed by atoms with Crippen molar-refractivity contribution in [2.24, 2.45) is 0 Å². The van der Waals surface area contributed by atoms with E-state index in [-0.39, 0.29) is 5.91 Å². The number of methoxy groups -OCH3 is 1. The molecule has 0 heterocycles. The lowest BCUT2D eigenvalue weighted by atomic mass is 9.93. The number of amides is 1. The van der Waals surface area contributed by atoms with Gasteiger partial charge in [0.1, 0.15) is 5.75 Å². The van der Waals surface area contributed by atoms with Crippen LogP contribution in [-0.4, -0.2) is 30.5 Å². The quantitative estimate of drug-likeness (QED) is 0.830. The Balaban J connectivity index is 2.10. The summed E-state index contributed by atoms with van der Waals surface area (Å²) in [6.45, 7) is 2.85. The van der Waals surface area contributed by atoms with Crippen LogP contribution in [0.25, 0.3) is 0 Å². The first-order valence-electron chi connectivity index (χ1n) is 7.21. The second-order valence-corrected chi connectivity index (χ2v) is 5.11. The van der Waals surface area contributed by atoms with Crippen molar-refractivity contribution in [3.8, 4) is 5.75 Å². The van der Waals surface area contributed by atoms with Crippen molar-refractivity contribution in [1.29, 1.82) is 0 Å². The number of hydrogen-bond acceptors (Lipinski definition) is 2. The highest BCUT2D eigenvalue weighted by molar-refractivity contribution is 5.94. The molecule has 0 atom stereocenters. The van der Waals surface area contributed by atoms with Gasteiger partial charge in [0.05, 0.1) is 7.11 Å². The van der Waals surface area contributed by atoms with Crippen molar-refractivity contribution in [1.82, 2.24) is 4.90 Å². The van der Waals surface area contributed by atoms with Crippen LogP contribution in [0.2, 0.25) is 0 Å². The van der Waals surface area contributed by atoms with Gasteiger partial charge in [-0.15, -0.1) is 0 Å². The van der Waals surface area contributed by atoms with Gasteiger partial charge in [0.25, 0.3) is 5.91 Å². The first-order chi connectivity index (χ1) is 9.26. The van der Waals surface area contributed by atoms with Crippen LogP contribution >= 0.6 is 0 Å². The normalized spacial score (nSPS) is 16.1. The Morgan fingerprint density at radius 3 is 2.37 bits per heavy atom. The molecule has 2 rings (SSSR count). The summed E-state index contributed by atoms with van der Waals surface area (Å²) in [6, 6.07) is 7.83. The van der Waals surface area contributed by atoms with E-state index in [2.05, 4.69) is 6.92 Å². The molecule has 0 spiro atoms. The molecule has 0 saturated heterocycles. The van der Waals surface area contributed by atoms with Crippen molar-refractivity contribution in [3.05, 3.63) is 29.8 Å². The van der Waals surface area contributed by atoms with Crippen molar-refractivity contribution in [2.45, 2.75) is 45.1 Å². The fourth-order valence-corrected chi connectivity index (χ4v) is 2.86. The third-order valence-electron chi connectivity index (χ3n) is 3.95. The largest absolute Gasteiger partial charge is 0.497 e. The Morgan fingerprint density at radius 1 is 1.21 bits per heavy atom. The Hall–Kier alpha value is -1.51. The molecular formula is C16H23NO2. The molecule has 104 valence electrons. The number of carbonyl (C=O) groups is 1. The van der Waals surface area contributed by atoms with Crippen LogP contribution in [0.5, 0.6) is 5.75 Å². The molecule has 1 amide bonds. The Bertz CT molecular complexity index is 407. The predicted molar refractivity (Wildman–Crippen MR) is 76.6 cm³/mol. The Kier molecular flexibility index (Phi) is 4.83. The van der Waals surface area contributed by atoms with E-state index in [1.165, 1.54) is 19.3 Å². The second kappa shape index (κ2) is 6.60. The number of carbonyl (C=O) groups excluding carboxylic acids is 1. The van der Waals surface area contributed by atoms with E-state index in [0.29, 0.717) is 6.04 Å². The van der Waals surface area contributed by atoms with Crippen LogP contribution < -0.4 is 4.74 Å². The van der Waals surface area contributed by atoms with Gasteiger partial charge in [-0.05, 0) is 44.0 Å². The maximum atomic E-state index is 12.6. The van der Waals surface area contributed by atoms with Crippen LogP contribution in [-0.2, 0) is 0 Å². The third-order valence-corrected chi connectivity index (χ3v) is 3.95. The van der Waals surface area contributed by atoms with Gasteiger partial charge in [0.2, 0.25) is 0 Å². The van der Waals surface area contributed by atoms with Crippen molar-refractivity contribution in [2.75, 3.05) is 13.7 Å². The molecule has 19 heavy (non-hydrogen) atoms. The van der Waals surface area contributed by atoms with E-state index >= 15 is 0 Å². The zero-order chi connectivity index (χ0) is 13.7. The van der Waals surface area contributed by atoms with E-state index in [1.54, 1.807) is 7.11 Å². The maximum absolute atomic E-state index is 12.6. The number of rotatable bonds is 4. The van der Waals surface area contributed by atoms with Gasteiger partial charge in [-0.2, -0.15) is 0 Å². The van der Waals surface area contributed by atoms with Crippen LogP contribution in [0.4, 0.5) is 0 Å². The smallest absolute Gasteiger partial charge is 0.254 e. The van der Waals surface area contributed by atoms with E-state index in [9.17, 15) is 4.79 Å². The molecule has 1 aliphatic carbocycles. The summed E-state index contributed by atoms with van der Waals surface area (Å²) in [5.41, 5.74) is 0.758. The summed E-state index contributed by atoms with van der Waals surface area (Å²) in [5, 5.41) is 0. The zero-order valence-corrected chi connectivity index (χ0v) is 11.9. The average molecular weight is 261 g/mol. The molecule has 3 heteroatoms. The monoisotopic (exact) mass is 261 g/mol. The molecule has 0 aliphatic heterocycles.